The summed E-state index contributed by atoms with van der Waals surface area (Å²) in [6.07, 6.45) is 0.271. The van der Waals surface area contributed by atoms with Gasteiger partial charge in [0.1, 0.15) is 0 Å². The van der Waals surface area contributed by atoms with E-state index in [2.05, 4.69) is 9.97 Å². The van der Waals surface area contributed by atoms with Gasteiger partial charge in [-0.15, -0.1) is 0 Å². The van der Waals surface area contributed by atoms with Crippen LogP contribution in [-0.4, -0.2) is 50.4 Å². The number of anilines is 1. The maximum Gasteiger partial charge on any atom is 0.307 e. The van der Waals surface area contributed by atoms with Crippen LogP contribution in [0.4, 0.5) is 5.95 Å². The SMILES string of the molecule is CCOC(=O)CCN(C)c1nc(OC)cc(OC)n1. The minimum atomic E-state index is -0.246. The first kappa shape index (κ1) is 15.0. The Labute approximate surface area is 112 Å². The average Bonchev–Trinajstić information content (AvgIpc) is 2.44. The zero-order valence-electron chi connectivity index (χ0n) is 11.7. The second-order valence-electron chi connectivity index (χ2n) is 3.73. The summed E-state index contributed by atoms with van der Waals surface area (Å²) in [5.41, 5.74) is 0. The second kappa shape index (κ2) is 7.40. The normalized spacial score (nSPS) is 9.89. The molecule has 7 nitrogen and oxygen atoms in total. The molecule has 0 bridgehead atoms. The van der Waals surface area contributed by atoms with Gasteiger partial charge in [-0.2, -0.15) is 9.97 Å². The summed E-state index contributed by atoms with van der Waals surface area (Å²) in [7, 11) is 4.82. The largest absolute Gasteiger partial charge is 0.481 e. The summed E-state index contributed by atoms with van der Waals surface area (Å²) >= 11 is 0. The van der Waals surface area contributed by atoms with Crippen molar-refractivity contribution in [2.45, 2.75) is 13.3 Å². The lowest BCUT2D eigenvalue weighted by atomic mass is 10.4. The fraction of sp³-hybridized carbons (Fsp3) is 0.583. The van der Waals surface area contributed by atoms with E-state index in [0.29, 0.717) is 30.9 Å². The first-order valence-electron chi connectivity index (χ1n) is 5.94. The van der Waals surface area contributed by atoms with Crippen molar-refractivity contribution in [1.29, 1.82) is 0 Å². The molecule has 0 saturated carbocycles. The number of nitrogens with zero attached hydrogens (tertiary/aromatic N) is 3. The Morgan fingerprint density at radius 1 is 1.26 bits per heavy atom. The summed E-state index contributed by atoms with van der Waals surface area (Å²) in [5.74, 6) is 0.999. The number of esters is 1. The van der Waals surface area contributed by atoms with Gasteiger partial charge in [-0.25, -0.2) is 0 Å². The van der Waals surface area contributed by atoms with Crippen LogP contribution < -0.4 is 14.4 Å². The van der Waals surface area contributed by atoms with Crippen molar-refractivity contribution < 1.29 is 19.0 Å². The number of ether oxygens (including phenoxy) is 3. The molecule has 7 heteroatoms. The number of hydrogen-bond acceptors (Lipinski definition) is 7. The van der Waals surface area contributed by atoms with E-state index in [1.54, 1.807) is 24.9 Å². The highest BCUT2D eigenvalue weighted by Gasteiger charge is 2.11. The molecule has 1 aromatic heterocycles. The van der Waals surface area contributed by atoms with Gasteiger partial charge in [-0.05, 0) is 6.92 Å². The van der Waals surface area contributed by atoms with Crippen LogP contribution in [0.5, 0.6) is 11.8 Å². The third-order valence-electron chi connectivity index (χ3n) is 2.38. The molecule has 0 radical (unpaired) electrons. The molecule has 0 amide bonds. The summed E-state index contributed by atoms with van der Waals surface area (Å²) in [4.78, 5) is 21.4. The van der Waals surface area contributed by atoms with Gasteiger partial charge >= 0.3 is 5.97 Å². The summed E-state index contributed by atoms with van der Waals surface area (Å²) in [5, 5.41) is 0. The van der Waals surface area contributed by atoms with E-state index in [0.717, 1.165) is 0 Å². The molecule has 0 unspecified atom stereocenters. The zero-order chi connectivity index (χ0) is 14.3. The van der Waals surface area contributed by atoms with Crippen LogP contribution in [0.25, 0.3) is 0 Å². The van der Waals surface area contributed by atoms with Crippen molar-refractivity contribution in [3.05, 3.63) is 6.07 Å². The number of rotatable bonds is 7. The number of methoxy groups -OCH3 is 2. The summed E-state index contributed by atoms with van der Waals surface area (Å²) in [6, 6.07) is 1.59. The molecule has 0 atom stereocenters. The van der Waals surface area contributed by atoms with Gasteiger partial charge in [0.05, 0.1) is 33.3 Å². The molecule has 0 saturated heterocycles. The topological polar surface area (TPSA) is 73.8 Å². The van der Waals surface area contributed by atoms with Crippen molar-refractivity contribution in [3.63, 3.8) is 0 Å². The smallest absolute Gasteiger partial charge is 0.307 e. The van der Waals surface area contributed by atoms with E-state index in [1.807, 2.05) is 0 Å². The number of carbonyl (C=O) groups is 1. The van der Waals surface area contributed by atoms with Gasteiger partial charge in [0.15, 0.2) is 0 Å². The highest BCUT2D eigenvalue weighted by molar-refractivity contribution is 5.70. The van der Waals surface area contributed by atoms with Crippen molar-refractivity contribution in [1.82, 2.24) is 9.97 Å². The van der Waals surface area contributed by atoms with Crippen molar-refractivity contribution in [2.75, 3.05) is 39.3 Å². The Bertz CT molecular complexity index is 403. The fourth-order valence-electron chi connectivity index (χ4n) is 1.36. The van der Waals surface area contributed by atoms with Crippen LogP contribution in [-0.2, 0) is 9.53 Å². The maximum absolute atomic E-state index is 11.3. The van der Waals surface area contributed by atoms with Crippen LogP contribution in [0.15, 0.2) is 6.07 Å². The first-order chi connectivity index (χ1) is 9.10. The third-order valence-corrected chi connectivity index (χ3v) is 2.38. The minimum Gasteiger partial charge on any atom is -0.481 e. The molecule has 1 heterocycles. The molecule has 19 heavy (non-hydrogen) atoms. The van der Waals surface area contributed by atoms with E-state index >= 15 is 0 Å². The predicted octanol–water partition coefficient (Wildman–Crippen LogP) is 0.883. The van der Waals surface area contributed by atoms with Crippen LogP contribution in [0.3, 0.4) is 0 Å². The van der Waals surface area contributed by atoms with E-state index < -0.39 is 0 Å². The van der Waals surface area contributed by atoms with E-state index in [9.17, 15) is 4.79 Å². The quantitative estimate of drug-likeness (QED) is 0.680. The molecule has 0 fully saturated rings. The van der Waals surface area contributed by atoms with Crippen LogP contribution in [0, 0.1) is 0 Å². The van der Waals surface area contributed by atoms with Gasteiger partial charge in [0.2, 0.25) is 17.7 Å². The maximum atomic E-state index is 11.3. The molecule has 1 aromatic rings. The Hall–Kier alpha value is -2.05. The molecule has 0 aromatic carbocycles. The van der Waals surface area contributed by atoms with Crippen molar-refractivity contribution in [2.24, 2.45) is 0 Å². The van der Waals surface area contributed by atoms with Gasteiger partial charge in [0.25, 0.3) is 0 Å². The number of hydrogen-bond donors (Lipinski definition) is 0. The Balaban J connectivity index is 2.70. The monoisotopic (exact) mass is 269 g/mol. The zero-order valence-corrected chi connectivity index (χ0v) is 11.7. The summed E-state index contributed by atoms with van der Waals surface area (Å²) in [6.45, 7) is 2.61. The molecular weight excluding hydrogens is 250 g/mol. The summed E-state index contributed by atoms with van der Waals surface area (Å²) < 4.78 is 15.0. The minimum absolute atomic E-state index is 0.246. The average molecular weight is 269 g/mol. The molecule has 0 spiro atoms. The number of carbonyl (C=O) groups excluding carboxylic acids is 1. The molecule has 106 valence electrons. The first-order valence-corrected chi connectivity index (χ1v) is 5.94. The molecule has 0 aliphatic heterocycles. The number of aromatic nitrogens is 2. The standard InChI is InChI=1S/C12H19N3O4/c1-5-19-11(16)6-7-15(2)12-13-9(17-3)8-10(14-12)18-4/h8H,5-7H2,1-4H3. The van der Waals surface area contributed by atoms with Crippen molar-refractivity contribution >= 4 is 11.9 Å². The molecule has 1 rings (SSSR count). The molecule has 0 aliphatic carbocycles. The van der Waals surface area contributed by atoms with Crippen LogP contribution >= 0.6 is 0 Å². The lowest BCUT2D eigenvalue weighted by Crippen LogP contribution is -2.24. The Morgan fingerprint density at radius 3 is 2.32 bits per heavy atom. The van der Waals surface area contributed by atoms with Gasteiger partial charge in [0, 0.05) is 13.6 Å². The molecule has 0 aliphatic rings. The second-order valence-corrected chi connectivity index (χ2v) is 3.73. The third kappa shape index (κ3) is 4.61. The van der Waals surface area contributed by atoms with Crippen molar-refractivity contribution in [3.8, 4) is 11.8 Å². The highest BCUT2D eigenvalue weighted by atomic mass is 16.5. The fourth-order valence-corrected chi connectivity index (χ4v) is 1.36. The highest BCUT2D eigenvalue weighted by Crippen LogP contribution is 2.19. The van der Waals surface area contributed by atoms with Gasteiger partial charge < -0.3 is 19.1 Å². The Kier molecular flexibility index (Phi) is 5.84. The lowest BCUT2D eigenvalue weighted by molar-refractivity contribution is -0.142. The van der Waals surface area contributed by atoms with Crippen LogP contribution in [0.1, 0.15) is 13.3 Å². The Morgan fingerprint density at radius 2 is 1.84 bits per heavy atom. The van der Waals surface area contributed by atoms with Gasteiger partial charge in [-0.1, -0.05) is 0 Å². The lowest BCUT2D eigenvalue weighted by Gasteiger charge is -2.17. The van der Waals surface area contributed by atoms with Crippen LogP contribution in [0.2, 0.25) is 0 Å². The molecule has 0 N–H and O–H groups in total. The predicted molar refractivity (Wildman–Crippen MR) is 69.7 cm³/mol. The molecular formula is C12H19N3O4. The van der Waals surface area contributed by atoms with E-state index in [-0.39, 0.29) is 12.4 Å². The van der Waals surface area contributed by atoms with E-state index in [4.69, 9.17) is 14.2 Å². The van der Waals surface area contributed by atoms with E-state index in [1.165, 1.54) is 14.2 Å². The van der Waals surface area contributed by atoms with Gasteiger partial charge in [-0.3, -0.25) is 4.79 Å².